The van der Waals surface area contributed by atoms with E-state index in [0.717, 1.165) is 70.6 Å². The molecule has 0 amide bonds. The number of esters is 2. The summed E-state index contributed by atoms with van der Waals surface area (Å²) in [6.07, 6.45) is 45.9. The van der Waals surface area contributed by atoms with Crippen molar-refractivity contribution in [1.29, 1.82) is 0 Å². The molecule has 0 saturated carbocycles. The van der Waals surface area contributed by atoms with Gasteiger partial charge in [0.2, 0.25) is 0 Å². The predicted molar refractivity (Wildman–Crippen MR) is 242 cm³/mol. The van der Waals surface area contributed by atoms with Crippen LogP contribution in [0.5, 0.6) is 0 Å². The van der Waals surface area contributed by atoms with E-state index in [1.807, 2.05) is 34.1 Å². The highest BCUT2D eigenvalue weighted by atomic mass is 31.2. The molecular weight excluding hydrogens is 766 g/mol. The minimum absolute atomic E-state index is 0.0502. The van der Waals surface area contributed by atoms with Gasteiger partial charge in [0.05, 0.1) is 33.9 Å². The third-order valence-corrected chi connectivity index (χ3v) is 10.3. The van der Waals surface area contributed by atoms with Gasteiger partial charge in [-0.3, -0.25) is 14.2 Å². The molecule has 0 aromatic rings. The van der Waals surface area contributed by atoms with E-state index in [1.165, 1.54) is 44.9 Å². The highest BCUT2D eigenvalue weighted by Crippen LogP contribution is 2.38. The predicted octanol–water partition coefficient (Wildman–Crippen LogP) is 11.4. The van der Waals surface area contributed by atoms with Crippen LogP contribution in [0.15, 0.2) is 72.9 Å². The number of nitrogens with zero attached hydrogens (tertiary/aromatic N) is 1. The van der Waals surface area contributed by atoms with E-state index in [-0.39, 0.29) is 32.2 Å². The SMILES string of the molecule is CCCCC/C=C\C/C=C\CCCCCCCCCC(=O)O[C@H](COC(=O)CCC/C=C\C/C=C\C/C=C\C/C=C\CC[C@@H](O)CC)COP(=O)([O-])OCC[N+](C)(C)C. The molecule has 0 aromatic heterocycles. The Morgan fingerprint density at radius 2 is 1.08 bits per heavy atom. The van der Waals surface area contributed by atoms with E-state index in [4.69, 9.17) is 18.5 Å². The summed E-state index contributed by atoms with van der Waals surface area (Å²) in [7, 11) is 1.10. The number of phosphoric acid groups is 1. The number of phosphoric ester groups is 1. The summed E-state index contributed by atoms with van der Waals surface area (Å²) in [5.74, 6) is -0.933. The number of hydrogen-bond donors (Lipinski definition) is 1. The summed E-state index contributed by atoms with van der Waals surface area (Å²) < 4.78 is 33.8. The van der Waals surface area contributed by atoms with Crippen molar-refractivity contribution in [1.82, 2.24) is 0 Å². The standard InChI is InChI=1S/C48H84NO9P/c1-6-8-9-10-11-12-13-14-15-16-17-22-25-28-31-34-37-40-48(52)58-46(44-57-59(53,54)56-42-41-49(3,4)5)43-55-47(51)39-36-33-30-27-24-21-19-18-20-23-26-29-32-35-38-45(50)7-2/h11-12,14-15,19-21,23,27,29-30,32,45-46,50H,6-10,13,16-18,22,24-26,28,31,33-44H2,1-5H3/b12-11-,15-14-,21-19-,23-20-,30-27-,32-29-/t45-,46+/m0/s1. The Morgan fingerprint density at radius 1 is 0.610 bits per heavy atom. The van der Waals surface area contributed by atoms with Gasteiger partial charge in [-0.15, -0.1) is 0 Å². The number of allylic oxidation sites excluding steroid dienone is 12. The number of carbonyl (C=O) groups excluding carboxylic acids is 2. The first kappa shape index (κ1) is 56.4. The Bertz CT molecular complexity index is 1250. The molecule has 10 nitrogen and oxygen atoms in total. The van der Waals surface area contributed by atoms with Gasteiger partial charge in [0.1, 0.15) is 19.8 Å². The van der Waals surface area contributed by atoms with Crippen molar-refractivity contribution < 1.29 is 47.2 Å². The Hall–Kier alpha value is -2.59. The van der Waals surface area contributed by atoms with Crippen molar-refractivity contribution >= 4 is 19.8 Å². The second kappa shape index (κ2) is 39.5. The number of hydrogen-bond acceptors (Lipinski definition) is 9. The molecule has 3 atom stereocenters. The third-order valence-electron chi connectivity index (χ3n) is 9.36. The second-order valence-electron chi connectivity index (χ2n) is 16.2. The summed E-state index contributed by atoms with van der Waals surface area (Å²) in [6.45, 7) is 3.82. The molecule has 0 bridgehead atoms. The molecule has 0 saturated heterocycles. The van der Waals surface area contributed by atoms with Gasteiger partial charge < -0.3 is 33.0 Å². The molecule has 340 valence electrons. The van der Waals surface area contributed by atoms with Gasteiger partial charge in [0.15, 0.2) is 6.10 Å². The highest BCUT2D eigenvalue weighted by molar-refractivity contribution is 7.45. The first-order valence-electron chi connectivity index (χ1n) is 22.7. The normalized spacial score (nSPS) is 14.8. The molecule has 59 heavy (non-hydrogen) atoms. The zero-order valence-electron chi connectivity index (χ0n) is 37.8. The molecule has 0 radical (unpaired) electrons. The van der Waals surface area contributed by atoms with Gasteiger partial charge >= 0.3 is 11.9 Å². The van der Waals surface area contributed by atoms with Gasteiger partial charge in [-0.1, -0.05) is 132 Å². The fourth-order valence-electron chi connectivity index (χ4n) is 5.60. The number of carbonyl (C=O) groups is 2. The van der Waals surface area contributed by atoms with E-state index >= 15 is 0 Å². The van der Waals surface area contributed by atoms with E-state index in [9.17, 15) is 24.2 Å². The number of likely N-dealkylation sites (N-methyl/N-ethyl adjacent to an activating group) is 1. The molecule has 0 aliphatic heterocycles. The minimum Gasteiger partial charge on any atom is -0.756 e. The van der Waals surface area contributed by atoms with Crippen LogP contribution < -0.4 is 4.89 Å². The zero-order valence-corrected chi connectivity index (χ0v) is 38.7. The lowest BCUT2D eigenvalue weighted by molar-refractivity contribution is -0.870. The quantitative estimate of drug-likeness (QED) is 0.0210. The molecule has 0 aromatic carbocycles. The van der Waals surface area contributed by atoms with E-state index in [2.05, 4.69) is 73.8 Å². The molecule has 0 fully saturated rings. The van der Waals surface area contributed by atoms with E-state index in [0.29, 0.717) is 30.3 Å². The number of unbranched alkanes of at least 4 members (excludes halogenated alkanes) is 11. The summed E-state index contributed by atoms with van der Waals surface area (Å²) >= 11 is 0. The maximum Gasteiger partial charge on any atom is 0.306 e. The Morgan fingerprint density at radius 3 is 1.63 bits per heavy atom. The van der Waals surface area contributed by atoms with Gasteiger partial charge in [-0.2, -0.15) is 0 Å². The van der Waals surface area contributed by atoms with Crippen LogP contribution in [0, 0.1) is 0 Å². The zero-order chi connectivity index (χ0) is 43.7. The molecule has 0 aliphatic carbocycles. The van der Waals surface area contributed by atoms with Crippen LogP contribution in [0.25, 0.3) is 0 Å². The largest absolute Gasteiger partial charge is 0.756 e. The van der Waals surface area contributed by atoms with Crippen LogP contribution >= 0.6 is 7.82 Å². The lowest BCUT2D eigenvalue weighted by atomic mass is 10.1. The van der Waals surface area contributed by atoms with Gasteiger partial charge in [0.25, 0.3) is 7.82 Å². The maximum atomic E-state index is 12.7. The van der Waals surface area contributed by atoms with Crippen molar-refractivity contribution in [2.24, 2.45) is 0 Å². The van der Waals surface area contributed by atoms with E-state index < -0.39 is 32.5 Å². The molecule has 1 N–H and O–H groups in total. The smallest absolute Gasteiger partial charge is 0.306 e. The lowest BCUT2D eigenvalue weighted by Gasteiger charge is -2.28. The summed E-state index contributed by atoms with van der Waals surface area (Å²) in [5.41, 5.74) is 0. The van der Waals surface area contributed by atoms with Crippen LogP contribution in [0.3, 0.4) is 0 Å². The molecule has 11 heteroatoms. The van der Waals surface area contributed by atoms with Crippen LogP contribution in [0.1, 0.15) is 162 Å². The average Bonchev–Trinajstić information content (AvgIpc) is 3.19. The summed E-state index contributed by atoms with van der Waals surface area (Å²) in [4.78, 5) is 37.5. The van der Waals surface area contributed by atoms with Crippen LogP contribution in [0.4, 0.5) is 0 Å². The number of ether oxygens (including phenoxy) is 2. The topological polar surface area (TPSA) is 131 Å². The fraction of sp³-hybridized carbons (Fsp3) is 0.708. The Kier molecular flexibility index (Phi) is 37.8. The maximum absolute atomic E-state index is 12.7. The summed E-state index contributed by atoms with van der Waals surface area (Å²) in [5, 5.41) is 9.57. The average molecular weight is 850 g/mol. The molecule has 0 heterocycles. The second-order valence-corrected chi connectivity index (χ2v) is 17.6. The van der Waals surface area contributed by atoms with Crippen LogP contribution in [0.2, 0.25) is 0 Å². The fourth-order valence-corrected chi connectivity index (χ4v) is 6.33. The number of quaternary nitrogens is 1. The number of aliphatic hydroxyl groups is 1. The van der Waals surface area contributed by atoms with Crippen LogP contribution in [-0.4, -0.2) is 81.2 Å². The number of rotatable bonds is 40. The first-order valence-corrected chi connectivity index (χ1v) is 24.2. The van der Waals surface area contributed by atoms with Crippen molar-refractivity contribution in [3.8, 4) is 0 Å². The van der Waals surface area contributed by atoms with Crippen molar-refractivity contribution in [2.75, 3.05) is 47.5 Å². The first-order chi connectivity index (χ1) is 28.4. The van der Waals surface area contributed by atoms with Crippen molar-refractivity contribution in [3.63, 3.8) is 0 Å². The van der Waals surface area contributed by atoms with E-state index in [1.54, 1.807) is 0 Å². The monoisotopic (exact) mass is 850 g/mol. The van der Waals surface area contributed by atoms with Crippen molar-refractivity contribution in [3.05, 3.63) is 72.9 Å². The molecule has 0 rings (SSSR count). The van der Waals surface area contributed by atoms with Gasteiger partial charge in [-0.05, 0) is 89.9 Å². The highest BCUT2D eigenvalue weighted by Gasteiger charge is 2.21. The van der Waals surface area contributed by atoms with Crippen molar-refractivity contribution in [2.45, 2.75) is 174 Å². The minimum atomic E-state index is -4.65. The van der Waals surface area contributed by atoms with Gasteiger partial charge in [-0.25, -0.2) is 0 Å². The van der Waals surface area contributed by atoms with Crippen LogP contribution in [-0.2, 0) is 32.7 Å². The summed E-state index contributed by atoms with van der Waals surface area (Å²) in [6, 6.07) is 0. The Labute approximate surface area is 360 Å². The molecule has 1 unspecified atom stereocenters. The van der Waals surface area contributed by atoms with Gasteiger partial charge in [0, 0.05) is 12.8 Å². The Balaban J connectivity index is 4.47. The molecular formula is C48H84NO9P. The number of aliphatic hydroxyl groups excluding tert-OH is 1. The molecule has 0 aliphatic rings. The third kappa shape index (κ3) is 43.3. The lowest BCUT2D eigenvalue weighted by Crippen LogP contribution is -2.37. The molecule has 0 spiro atoms.